The summed E-state index contributed by atoms with van der Waals surface area (Å²) in [4.78, 5) is 17.6. The molecule has 0 aromatic rings. The van der Waals surface area contributed by atoms with Crippen molar-refractivity contribution < 1.29 is 4.79 Å². The Morgan fingerprint density at radius 2 is 2.12 bits per heavy atom. The van der Waals surface area contributed by atoms with Gasteiger partial charge in [-0.15, -0.1) is 0 Å². The topological polar surface area (TPSA) is 82.8 Å². The van der Waals surface area contributed by atoms with Gasteiger partial charge in [0.2, 0.25) is 11.9 Å². The number of nitrogens with one attached hydrogen (secondary N) is 2. The highest BCUT2D eigenvalue weighted by Gasteiger charge is 2.17. The smallest absolute Gasteiger partial charge is 0.244 e. The van der Waals surface area contributed by atoms with E-state index in [1.807, 2.05) is 4.90 Å². The minimum atomic E-state index is 0.0727. The SMILES string of the molecule is CCCNC(=NCC(=O)N1CCCC1)NN. The van der Waals surface area contributed by atoms with Gasteiger partial charge in [-0.3, -0.25) is 10.2 Å². The number of nitrogens with two attached hydrogens (primary N) is 1. The lowest BCUT2D eigenvalue weighted by Crippen LogP contribution is -2.42. The van der Waals surface area contributed by atoms with Gasteiger partial charge in [-0.1, -0.05) is 6.92 Å². The Morgan fingerprint density at radius 3 is 2.69 bits per heavy atom. The molecule has 0 bridgehead atoms. The van der Waals surface area contributed by atoms with Crippen LogP contribution in [0.15, 0.2) is 4.99 Å². The molecule has 0 saturated carbocycles. The maximum Gasteiger partial charge on any atom is 0.244 e. The maximum absolute atomic E-state index is 11.7. The van der Waals surface area contributed by atoms with E-state index >= 15 is 0 Å². The van der Waals surface area contributed by atoms with Gasteiger partial charge < -0.3 is 10.2 Å². The first-order valence-corrected chi connectivity index (χ1v) is 5.80. The summed E-state index contributed by atoms with van der Waals surface area (Å²) in [6.07, 6.45) is 3.19. The zero-order valence-corrected chi connectivity index (χ0v) is 9.83. The van der Waals surface area contributed by atoms with E-state index in [0.717, 1.165) is 38.9 Å². The van der Waals surface area contributed by atoms with Gasteiger partial charge in [-0.05, 0) is 19.3 Å². The number of guanidine groups is 1. The average molecular weight is 227 g/mol. The Kier molecular flexibility index (Phi) is 5.63. The molecule has 16 heavy (non-hydrogen) atoms. The monoisotopic (exact) mass is 227 g/mol. The molecule has 0 aromatic heterocycles. The van der Waals surface area contributed by atoms with Crippen LogP contribution in [-0.2, 0) is 4.79 Å². The zero-order chi connectivity index (χ0) is 11.8. The molecule has 1 heterocycles. The van der Waals surface area contributed by atoms with E-state index in [-0.39, 0.29) is 12.5 Å². The van der Waals surface area contributed by atoms with Crippen molar-refractivity contribution in [2.24, 2.45) is 10.8 Å². The van der Waals surface area contributed by atoms with Crippen LogP contribution in [0.25, 0.3) is 0 Å². The summed E-state index contributed by atoms with van der Waals surface area (Å²) in [6.45, 7) is 4.73. The van der Waals surface area contributed by atoms with Crippen molar-refractivity contribution in [1.29, 1.82) is 0 Å². The minimum absolute atomic E-state index is 0.0727. The second-order valence-corrected chi connectivity index (χ2v) is 3.82. The number of hydrogen-bond donors (Lipinski definition) is 3. The van der Waals surface area contributed by atoms with Crippen LogP contribution in [0.5, 0.6) is 0 Å². The number of rotatable bonds is 4. The van der Waals surface area contributed by atoms with Crippen molar-refractivity contribution in [2.75, 3.05) is 26.2 Å². The number of amides is 1. The molecule has 0 spiro atoms. The molecule has 6 heteroatoms. The summed E-state index contributed by atoms with van der Waals surface area (Å²) in [5.74, 6) is 5.84. The molecule has 1 fully saturated rings. The third-order valence-electron chi connectivity index (χ3n) is 2.51. The van der Waals surface area contributed by atoms with Crippen LogP contribution in [0.2, 0.25) is 0 Å². The van der Waals surface area contributed by atoms with Gasteiger partial charge in [0, 0.05) is 19.6 Å². The largest absolute Gasteiger partial charge is 0.355 e. The number of nitrogens with zero attached hydrogens (tertiary/aromatic N) is 2. The van der Waals surface area contributed by atoms with Crippen molar-refractivity contribution in [3.63, 3.8) is 0 Å². The molecule has 6 nitrogen and oxygen atoms in total. The van der Waals surface area contributed by atoms with Gasteiger partial charge in [-0.2, -0.15) is 0 Å². The standard InChI is InChI=1S/C10H21N5O/c1-2-5-12-10(14-11)13-8-9(16)15-6-3-4-7-15/h2-8,11H2,1H3,(H2,12,13,14). The van der Waals surface area contributed by atoms with Crippen LogP contribution in [0, 0.1) is 0 Å². The van der Waals surface area contributed by atoms with Gasteiger partial charge in [-0.25, -0.2) is 10.8 Å². The second-order valence-electron chi connectivity index (χ2n) is 3.82. The van der Waals surface area contributed by atoms with Gasteiger partial charge in [0.1, 0.15) is 6.54 Å². The van der Waals surface area contributed by atoms with E-state index < -0.39 is 0 Å². The number of carbonyl (C=O) groups excluding carboxylic acids is 1. The maximum atomic E-state index is 11.7. The van der Waals surface area contributed by atoms with Gasteiger partial charge >= 0.3 is 0 Å². The Balaban J connectivity index is 2.33. The van der Waals surface area contributed by atoms with Gasteiger partial charge in [0.15, 0.2) is 0 Å². The summed E-state index contributed by atoms with van der Waals surface area (Å²) in [5.41, 5.74) is 2.45. The molecule has 4 N–H and O–H groups in total. The highest BCUT2D eigenvalue weighted by atomic mass is 16.2. The average Bonchev–Trinajstić information content (AvgIpc) is 2.82. The van der Waals surface area contributed by atoms with Crippen LogP contribution in [-0.4, -0.2) is 42.9 Å². The first kappa shape index (κ1) is 12.8. The molecule has 1 rings (SSSR count). The summed E-state index contributed by atoms with van der Waals surface area (Å²) in [7, 11) is 0. The molecule has 1 saturated heterocycles. The highest BCUT2D eigenvalue weighted by molar-refractivity contribution is 5.84. The molecule has 0 radical (unpaired) electrons. The van der Waals surface area contributed by atoms with Crippen LogP contribution in [0.1, 0.15) is 26.2 Å². The van der Waals surface area contributed by atoms with E-state index in [0.29, 0.717) is 5.96 Å². The Bertz CT molecular complexity index is 248. The van der Waals surface area contributed by atoms with E-state index in [1.165, 1.54) is 0 Å². The summed E-state index contributed by atoms with van der Waals surface area (Å²) in [5, 5.41) is 3.01. The normalized spacial score (nSPS) is 16.4. The summed E-state index contributed by atoms with van der Waals surface area (Å²) in [6, 6.07) is 0. The van der Waals surface area contributed by atoms with E-state index in [9.17, 15) is 4.79 Å². The van der Waals surface area contributed by atoms with Crippen LogP contribution in [0.4, 0.5) is 0 Å². The fourth-order valence-electron chi connectivity index (χ4n) is 1.61. The number of hydrazine groups is 1. The Labute approximate surface area is 96.2 Å². The van der Waals surface area contributed by atoms with E-state index in [1.54, 1.807) is 0 Å². The number of likely N-dealkylation sites (tertiary alicyclic amines) is 1. The summed E-state index contributed by atoms with van der Waals surface area (Å²) < 4.78 is 0. The third-order valence-corrected chi connectivity index (χ3v) is 2.51. The third kappa shape index (κ3) is 4.06. The molecule has 0 aromatic carbocycles. The predicted octanol–water partition coefficient (Wildman–Crippen LogP) is -0.572. The van der Waals surface area contributed by atoms with Crippen molar-refractivity contribution in [3.05, 3.63) is 0 Å². The highest BCUT2D eigenvalue weighted by Crippen LogP contribution is 2.07. The minimum Gasteiger partial charge on any atom is -0.355 e. The Hall–Kier alpha value is -1.30. The summed E-state index contributed by atoms with van der Waals surface area (Å²) >= 11 is 0. The molecule has 0 aliphatic carbocycles. The molecule has 0 unspecified atom stereocenters. The fraction of sp³-hybridized carbons (Fsp3) is 0.800. The van der Waals surface area contributed by atoms with Crippen LogP contribution in [0.3, 0.4) is 0 Å². The first-order chi connectivity index (χ1) is 7.77. The van der Waals surface area contributed by atoms with Crippen molar-refractivity contribution in [1.82, 2.24) is 15.6 Å². The second kappa shape index (κ2) is 7.05. The van der Waals surface area contributed by atoms with Gasteiger partial charge in [0.25, 0.3) is 0 Å². The van der Waals surface area contributed by atoms with E-state index in [2.05, 4.69) is 22.7 Å². The quantitative estimate of drug-likeness (QED) is 0.260. The lowest BCUT2D eigenvalue weighted by Gasteiger charge is -2.14. The van der Waals surface area contributed by atoms with Crippen molar-refractivity contribution >= 4 is 11.9 Å². The molecule has 92 valence electrons. The molecule has 1 aliphatic heterocycles. The zero-order valence-electron chi connectivity index (χ0n) is 9.83. The molecule has 1 amide bonds. The molecular formula is C10H21N5O. The number of carbonyl (C=O) groups is 1. The first-order valence-electron chi connectivity index (χ1n) is 5.80. The molecular weight excluding hydrogens is 206 g/mol. The van der Waals surface area contributed by atoms with Crippen LogP contribution >= 0.6 is 0 Å². The van der Waals surface area contributed by atoms with Gasteiger partial charge in [0.05, 0.1) is 0 Å². The predicted molar refractivity (Wildman–Crippen MR) is 63.7 cm³/mol. The van der Waals surface area contributed by atoms with Crippen molar-refractivity contribution in [2.45, 2.75) is 26.2 Å². The molecule has 0 atom stereocenters. The lowest BCUT2D eigenvalue weighted by atomic mass is 10.4. The molecule has 1 aliphatic rings. The number of hydrogen-bond acceptors (Lipinski definition) is 3. The van der Waals surface area contributed by atoms with Crippen molar-refractivity contribution in [3.8, 4) is 0 Å². The lowest BCUT2D eigenvalue weighted by molar-refractivity contribution is -0.128. The fourth-order valence-corrected chi connectivity index (χ4v) is 1.61. The van der Waals surface area contributed by atoms with Crippen LogP contribution < -0.4 is 16.6 Å². The Morgan fingerprint density at radius 1 is 1.44 bits per heavy atom. The number of aliphatic imine (C=N–C) groups is 1. The van der Waals surface area contributed by atoms with E-state index in [4.69, 9.17) is 5.84 Å².